The van der Waals surface area contributed by atoms with Gasteiger partial charge < -0.3 is 14.7 Å². The first-order valence-electron chi connectivity index (χ1n) is 5.86. The summed E-state index contributed by atoms with van der Waals surface area (Å²) in [7, 11) is 1.63. The molecule has 0 fully saturated rings. The summed E-state index contributed by atoms with van der Waals surface area (Å²) in [5.41, 5.74) is 0.102. The van der Waals surface area contributed by atoms with Crippen LogP contribution in [0.3, 0.4) is 0 Å². The molecule has 0 unspecified atom stereocenters. The molecule has 1 aromatic rings. The van der Waals surface area contributed by atoms with Gasteiger partial charge >= 0.3 is 12.0 Å². The van der Waals surface area contributed by atoms with E-state index in [0.717, 1.165) is 0 Å². The van der Waals surface area contributed by atoms with Crippen molar-refractivity contribution in [2.75, 3.05) is 25.5 Å². The summed E-state index contributed by atoms with van der Waals surface area (Å²) in [6.07, 6.45) is 0.118. The minimum atomic E-state index is -1.05. The third-order valence-corrected chi connectivity index (χ3v) is 3.17. The zero-order valence-electron chi connectivity index (χ0n) is 11.2. The van der Waals surface area contributed by atoms with E-state index in [1.807, 2.05) is 13.8 Å². The number of thiophene rings is 1. The fourth-order valence-electron chi connectivity index (χ4n) is 1.29. The van der Waals surface area contributed by atoms with Crippen LogP contribution in [-0.4, -0.2) is 48.3 Å². The van der Waals surface area contributed by atoms with Gasteiger partial charge in [-0.15, -0.1) is 11.3 Å². The normalized spacial score (nSPS) is 10.5. The molecule has 6 nitrogen and oxygen atoms in total. The Morgan fingerprint density at radius 1 is 1.53 bits per heavy atom. The number of aromatic carboxylic acids is 1. The fourth-order valence-corrected chi connectivity index (χ4v) is 2.06. The van der Waals surface area contributed by atoms with E-state index in [2.05, 4.69) is 5.32 Å². The molecule has 0 aliphatic heterocycles. The highest BCUT2D eigenvalue weighted by Crippen LogP contribution is 2.23. The Morgan fingerprint density at radius 3 is 2.79 bits per heavy atom. The third kappa shape index (κ3) is 4.88. The molecule has 106 valence electrons. The van der Waals surface area contributed by atoms with Crippen molar-refractivity contribution in [1.29, 1.82) is 0 Å². The van der Waals surface area contributed by atoms with E-state index in [-0.39, 0.29) is 17.7 Å². The zero-order chi connectivity index (χ0) is 14.4. The van der Waals surface area contributed by atoms with Gasteiger partial charge in [0.15, 0.2) is 0 Å². The van der Waals surface area contributed by atoms with Crippen molar-refractivity contribution < 1.29 is 19.4 Å². The highest BCUT2D eigenvalue weighted by atomic mass is 32.1. The number of likely N-dealkylation sites (N-methyl/N-ethyl adjacent to an activating group) is 1. The molecule has 1 heterocycles. The topological polar surface area (TPSA) is 78.9 Å². The van der Waals surface area contributed by atoms with Crippen LogP contribution in [0, 0.1) is 0 Å². The van der Waals surface area contributed by atoms with Crippen LogP contribution >= 0.6 is 11.3 Å². The smallest absolute Gasteiger partial charge is 0.338 e. The standard InChI is InChI=1S/C12H18N2O4S/c1-8(2)18-6-5-14(3)12(17)13-10-9(11(15)16)4-7-19-10/h4,7-8H,5-6H2,1-3H3,(H,13,17)(H,15,16). The van der Waals surface area contributed by atoms with E-state index in [1.54, 1.807) is 12.4 Å². The van der Waals surface area contributed by atoms with E-state index in [9.17, 15) is 9.59 Å². The molecule has 2 N–H and O–H groups in total. The molecule has 0 spiro atoms. The molecule has 0 atom stereocenters. The number of anilines is 1. The number of carboxylic acids is 1. The summed E-state index contributed by atoms with van der Waals surface area (Å²) < 4.78 is 5.35. The number of carbonyl (C=O) groups excluding carboxylic acids is 1. The average molecular weight is 286 g/mol. The first-order chi connectivity index (χ1) is 8.91. The lowest BCUT2D eigenvalue weighted by Crippen LogP contribution is -2.34. The van der Waals surface area contributed by atoms with Gasteiger partial charge in [0, 0.05) is 13.6 Å². The van der Waals surface area contributed by atoms with E-state index >= 15 is 0 Å². The number of nitrogens with one attached hydrogen (secondary N) is 1. The van der Waals surface area contributed by atoms with Crippen molar-refractivity contribution in [2.24, 2.45) is 0 Å². The van der Waals surface area contributed by atoms with Crippen LogP contribution in [0.1, 0.15) is 24.2 Å². The molecular weight excluding hydrogens is 268 g/mol. The molecule has 7 heteroatoms. The monoisotopic (exact) mass is 286 g/mol. The molecule has 0 saturated carbocycles. The van der Waals surface area contributed by atoms with Crippen molar-refractivity contribution in [3.05, 3.63) is 17.0 Å². The molecule has 0 radical (unpaired) electrons. The van der Waals surface area contributed by atoms with Gasteiger partial charge in [-0.2, -0.15) is 0 Å². The maximum Gasteiger partial charge on any atom is 0.338 e. The van der Waals surface area contributed by atoms with Crippen molar-refractivity contribution in [3.8, 4) is 0 Å². The lowest BCUT2D eigenvalue weighted by Gasteiger charge is -2.18. The number of ether oxygens (including phenoxy) is 1. The van der Waals surface area contributed by atoms with Crippen molar-refractivity contribution in [1.82, 2.24) is 4.90 Å². The Hall–Kier alpha value is -1.60. The predicted molar refractivity (Wildman–Crippen MR) is 74.0 cm³/mol. The molecule has 19 heavy (non-hydrogen) atoms. The van der Waals surface area contributed by atoms with Gasteiger partial charge in [-0.1, -0.05) is 0 Å². The summed E-state index contributed by atoms with van der Waals surface area (Å²) in [5, 5.41) is 13.5. The van der Waals surface area contributed by atoms with E-state index in [0.29, 0.717) is 18.2 Å². The molecule has 0 aliphatic carbocycles. The SMILES string of the molecule is CC(C)OCCN(C)C(=O)Nc1sccc1C(=O)O. The van der Waals surface area contributed by atoms with Crippen LogP contribution in [0.2, 0.25) is 0 Å². The predicted octanol–water partition coefficient (Wildman–Crippen LogP) is 2.33. The molecule has 0 saturated heterocycles. The molecule has 1 rings (SSSR count). The maximum atomic E-state index is 11.8. The van der Waals surface area contributed by atoms with E-state index in [4.69, 9.17) is 9.84 Å². The van der Waals surface area contributed by atoms with Crippen molar-refractivity contribution in [3.63, 3.8) is 0 Å². The Kier molecular flexibility index (Phi) is 5.78. The van der Waals surface area contributed by atoms with E-state index < -0.39 is 5.97 Å². The molecule has 0 aliphatic rings. The van der Waals surface area contributed by atoms with Crippen LogP contribution in [-0.2, 0) is 4.74 Å². The van der Waals surface area contributed by atoms with Gasteiger partial charge in [-0.05, 0) is 25.3 Å². The first kappa shape index (κ1) is 15.5. The molecule has 0 aromatic carbocycles. The van der Waals surface area contributed by atoms with Crippen LogP contribution in [0.4, 0.5) is 9.80 Å². The Morgan fingerprint density at radius 2 is 2.21 bits per heavy atom. The van der Waals surface area contributed by atoms with Gasteiger partial charge in [0.05, 0.1) is 18.3 Å². The number of nitrogens with zero attached hydrogens (tertiary/aromatic N) is 1. The molecule has 2 amide bonds. The van der Waals surface area contributed by atoms with Crippen molar-refractivity contribution in [2.45, 2.75) is 20.0 Å². The second-order valence-electron chi connectivity index (χ2n) is 4.24. The van der Waals surface area contributed by atoms with Crippen LogP contribution < -0.4 is 5.32 Å². The lowest BCUT2D eigenvalue weighted by atomic mass is 10.3. The number of hydrogen-bond donors (Lipinski definition) is 2. The van der Waals surface area contributed by atoms with E-state index in [1.165, 1.54) is 22.3 Å². The number of carbonyl (C=O) groups is 2. The largest absolute Gasteiger partial charge is 0.478 e. The second-order valence-corrected chi connectivity index (χ2v) is 5.16. The lowest BCUT2D eigenvalue weighted by molar-refractivity contribution is 0.0687. The molecule has 1 aromatic heterocycles. The number of urea groups is 1. The van der Waals surface area contributed by atoms with Gasteiger partial charge in [-0.3, -0.25) is 5.32 Å². The minimum Gasteiger partial charge on any atom is -0.478 e. The minimum absolute atomic E-state index is 0.102. The summed E-state index contributed by atoms with van der Waals surface area (Å²) in [6.45, 7) is 4.73. The van der Waals surface area contributed by atoms with Crippen LogP contribution in [0.5, 0.6) is 0 Å². The van der Waals surface area contributed by atoms with Gasteiger partial charge in [-0.25, -0.2) is 9.59 Å². The maximum absolute atomic E-state index is 11.8. The summed E-state index contributed by atoms with van der Waals surface area (Å²) in [4.78, 5) is 24.2. The Balaban J connectivity index is 2.49. The molecule has 0 bridgehead atoms. The van der Waals surface area contributed by atoms with Crippen LogP contribution in [0.25, 0.3) is 0 Å². The third-order valence-electron chi connectivity index (χ3n) is 2.34. The number of rotatable bonds is 6. The number of hydrogen-bond acceptors (Lipinski definition) is 4. The second kappa shape index (κ2) is 7.10. The highest BCUT2D eigenvalue weighted by molar-refractivity contribution is 7.14. The Labute approximate surface area is 116 Å². The quantitative estimate of drug-likeness (QED) is 0.841. The fraction of sp³-hybridized carbons (Fsp3) is 0.500. The number of carboxylic acid groups (broad SMARTS) is 1. The first-order valence-corrected chi connectivity index (χ1v) is 6.74. The van der Waals surface area contributed by atoms with Gasteiger partial charge in [0.25, 0.3) is 0 Å². The zero-order valence-corrected chi connectivity index (χ0v) is 12.0. The molecular formula is C12H18N2O4S. The van der Waals surface area contributed by atoms with Crippen molar-refractivity contribution >= 4 is 28.3 Å². The Bertz CT molecular complexity index is 445. The summed E-state index contributed by atoms with van der Waals surface area (Å²) in [5.74, 6) is -1.05. The van der Waals surface area contributed by atoms with Gasteiger partial charge in [0.1, 0.15) is 5.00 Å². The summed E-state index contributed by atoms with van der Waals surface area (Å²) in [6, 6.07) is 1.11. The summed E-state index contributed by atoms with van der Waals surface area (Å²) >= 11 is 1.18. The number of amides is 2. The average Bonchev–Trinajstić information content (AvgIpc) is 2.76. The van der Waals surface area contributed by atoms with Crippen LogP contribution in [0.15, 0.2) is 11.4 Å². The highest BCUT2D eigenvalue weighted by Gasteiger charge is 2.15. The van der Waals surface area contributed by atoms with Gasteiger partial charge in [0.2, 0.25) is 0 Å².